The maximum absolute atomic E-state index is 9.02. The molecule has 23 heavy (non-hydrogen) atoms. The second-order valence-corrected chi connectivity index (χ2v) is 6.02. The highest BCUT2D eigenvalue weighted by atomic mass is 35.5. The quantitative estimate of drug-likeness (QED) is 0.693. The van der Waals surface area contributed by atoms with Crippen LogP contribution in [0.15, 0.2) is 36.4 Å². The van der Waals surface area contributed by atoms with Crippen LogP contribution in [-0.2, 0) is 13.0 Å². The Morgan fingerprint density at radius 2 is 1.87 bits per heavy atom. The Kier molecular flexibility index (Phi) is 5.06. The fourth-order valence-electron chi connectivity index (χ4n) is 2.40. The Hall–Kier alpha value is -1.75. The van der Waals surface area contributed by atoms with E-state index in [9.17, 15) is 0 Å². The molecule has 2 aromatic carbocycles. The maximum atomic E-state index is 9.02. The molecule has 0 radical (unpaired) electrons. The van der Waals surface area contributed by atoms with E-state index in [1.807, 2.05) is 24.3 Å². The molecule has 0 bridgehead atoms. The van der Waals surface area contributed by atoms with Crippen LogP contribution in [0, 0.1) is 0 Å². The summed E-state index contributed by atoms with van der Waals surface area (Å²) in [4.78, 5) is 7.82. The van der Waals surface area contributed by atoms with Gasteiger partial charge in [0.25, 0.3) is 0 Å². The molecule has 0 aliphatic carbocycles. The molecule has 1 aromatic heterocycles. The summed E-state index contributed by atoms with van der Waals surface area (Å²) in [6.45, 7) is 0.455. The number of aliphatic hydroxyl groups excluding tert-OH is 1. The van der Waals surface area contributed by atoms with Crippen LogP contribution >= 0.6 is 23.2 Å². The summed E-state index contributed by atoms with van der Waals surface area (Å²) in [5.41, 5.74) is 2.70. The molecule has 4 nitrogen and oxygen atoms in total. The normalized spacial score (nSPS) is 11.1. The summed E-state index contributed by atoms with van der Waals surface area (Å²) in [7, 11) is 0. The van der Waals surface area contributed by atoms with Crippen molar-refractivity contribution in [3.8, 4) is 5.75 Å². The predicted molar refractivity (Wildman–Crippen MR) is 92.3 cm³/mol. The highest BCUT2D eigenvalue weighted by Crippen LogP contribution is 2.26. The number of hydrogen-bond acceptors (Lipinski definition) is 3. The smallest absolute Gasteiger partial charge is 0.146 e. The van der Waals surface area contributed by atoms with Crippen molar-refractivity contribution in [1.82, 2.24) is 9.97 Å². The number of ether oxygens (including phenoxy) is 1. The number of H-pyrrole nitrogens is 1. The Morgan fingerprint density at radius 1 is 1.09 bits per heavy atom. The fourth-order valence-corrected chi connectivity index (χ4v) is 2.78. The number of aromatic amines is 1. The first-order valence-corrected chi connectivity index (χ1v) is 8.08. The van der Waals surface area contributed by atoms with E-state index >= 15 is 0 Å². The maximum Gasteiger partial charge on any atom is 0.146 e. The topological polar surface area (TPSA) is 58.1 Å². The number of aromatic nitrogens is 2. The summed E-state index contributed by atoms with van der Waals surface area (Å²) < 4.78 is 5.70. The standard InChI is InChI=1S/C17H16Cl2N2O2/c18-11-3-5-12(6-4-11)23-10-16-20-15-8-7-14(19)13(2-1-9-22)17(15)21-16/h3-8,22H,1-2,9-10H2,(H,20,21). The van der Waals surface area contributed by atoms with E-state index < -0.39 is 0 Å². The zero-order valence-electron chi connectivity index (χ0n) is 12.4. The molecule has 3 aromatic rings. The van der Waals surface area contributed by atoms with E-state index in [4.69, 9.17) is 33.0 Å². The number of fused-ring (bicyclic) bond motifs is 1. The van der Waals surface area contributed by atoms with Gasteiger partial charge in [-0.3, -0.25) is 0 Å². The van der Waals surface area contributed by atoms with Crippen LogP contribution in [-0.4, -0.2) is 21.7 Å². The predicted octanol–water partition coefficient (Wildman–Crippen LogP) is 4.37. The minimum Gasteiger partial charge on any atom is -0.486 e. The molecular weight excluding hydrogens is 335 g/mol. The number of hydrogen-bond donors (Lipinski definition) is 2. The minimum atomic E-state index is 0.129. The number of benzene rings is 2. The van der Waals surface area contributed by atoms with Crippen molar-refractivity contribution in [1.29, 1.82) is 0 Å². The molecule has 0 atom stereocenters. The van der Waals surface area contributed by atoms with E-state index in [1.54, 1.807) is 12.1 Å². The number of imidazole rings is 1. The van der Waals surface area contributed by atoms with Gasteiger partial charge in [-0.1, -0.05) is 23.2 Å². The molecule has 0 saturated heterocycles. The van der Waals surface area contributed by atoms with Crippen molar-refractivity contribution in [3.63, 3.8) is 0 Å². The molecule has 0 unspecified atom stereocenters. The Morgan fingerprint density at radius 3 is 2.61 bits per heavy atom. The van der Waals surface area contributed by atoms with Gasteiger partial charge >= 0.3 is 0 Å². The van der Waals surface area contributed by atoms with Crippen molar-refractivity contribution < 1.29 is 9.84 Å². The Bertz CT molecular complexity index is 800. The van der Waals surface area contributed by atoms with Gasteiger partial charge in [0, 0.05) is 16.7 Å². The van der Waals surface area contributed by atoms with Gasteiger partial charge < -0.3 is 14.8 Å². The summed E-state index contributed by atoms with van der Waals surface area (Å²) in [5.74, 6) is 1.45. The largest absolute Gasteiger partial charge is 0.486 e. The number of aliphatic hydroxyl groups is 1. The van der Waals surface area contributed by atoms with Gasteiger partial charge in [0.1, 0.15) is 18.2 Å². The van der Waals surface area contributed by atoms with E-state index in [2.05, 4.69) is 9.97 Å². The van der Waals surface area contributed by atoms with Gasteiger partial charge in [-0.05, 0) is 54.8 Å². The van der Waals surface area contributed by atoms with Crippen molar-refractivity contribution in [2.45, 2.75) is 19.4 Å². The molecule has 120 valence electrons. The first kappa shape index (κ1) is 16.1. The van der Waals surface area contributed by atoms with Crippen molar-refractivity contribution in [2.24, 2.45) is 0 Å². The lowest BCUT2D eigenvalue weighted by molar-refractivity contribution is 0.288. The molecule has 0 amide bonds. The molecule has 0 fully saturated rings. The highest BCUT2D eigenvalue weighted by molar-refractivity contribution is 6.32. The summed E-state index contributed by atoms with van der Waals surface area (Å²) in [5, 5.41) is 10.4. The fraction of sp³-hybridized carbons (Fsp3) is 0.235. The van der Waals surface area contributed by atoms with Gasteiger partial charge in [-0.2, -0.15) is 0 Å². The molecule has 1 heterocycles. The first-order chi connectivity index (χ1) is 11.2. The van der Waals surface area contributed by atoms with Crippen molar-refractivity contribution in [3.05, 3.63) is 57.8 Å². The van der Waals surface area contributed by atoms with Crippen LogP contribution in [0.3, 0.4) is 0 Å². The molecule has 2 N–H and O–H groups in total. The van der Waals surface area contributed by atoms with Crippen molar-refractivity contribution in [2.75, 3.05) is 6.61 Å². The SMILES string of the molecule is OCCCc1c(Cl)ccc2[nH]c(COc3ccc(Cl)cc3)nc12. The van der Waals surface area contributed by atoms with Crippen LogP contribution in [0.1, 0.15) is 17.8 Å². The second kappa shape index (κ2) is 7.21. The van der Waals surface area contributed by atoms with Crippen LogP contribution in [0.2, 0.25) is 10.0 Å². The average Bonchev–Trinajstić information content (AvgIpc) is 2.97. The van der Waals surface area contributed by atoms with Crippen molar-refractivity contribution >= 4 is 34.2 Å². The van der Waals surface area contributed by atoms with E-state index in [-0.39, 0.29) is 6.61 Å². The Labute approximate surface area is 144 Å². The lowest BCUT2D eigenvalue weighted by Crippen LogP contribution is -1.97. The lowest BCUT2D eigenvalue weighted by Gasteiger charge is -2.04. The Balaban J connectivity index is 1.80. The third kappa shape index (κ3) is 3.78. The van der Waals surface area contributed by atoms with E-state index in [0.717, 1.165) is 28.2 Å². The summed E-state index contributed by atoms with van der Waals surface area (Å²) in [6, 6.07) is 10.9. The van der Waals surface area contributed by atoms with Gasteiger partial charge in [-0.15, -0.1) is 0 Å². The molecular formula is C17H16Cl2N2O2. The zero-order valence-corrected chi connectivity index (χ0v) is 13.9. The number of aryl methyl sites for hydroxylation is 1. The van der Waals surface area contributed by atoms with Crippen LogP contribution in [0.4, 0.5) is 0 Å². The monoisotopic (exact) mass is 350 g/mol. The molecule has 3 rings (SSSR count). The average molecular weight is 351 g/mol. The van der Waals surface area contributed by atoms with Crippen LogP contribution < -0.4 is 4.74 Å². The lowest BCUT2D eigenvalue weighted by atomic mass is 10.1. The van der Waals surface area contributed by atoms with Gasteiger partial charge in [-0.25, -0.2) is 4.98 Å². The zero-order chi connectivity index (χ0) is 16.2. The van der Waals surface area contributed by atoms with Gasteiger partial charge in [0.2, 0.25) is 0 Å². The number of halogens is 2. The third-order valence-corrected chi connectivity index (χ3v) is 4.13. The summed E-state index contributed by atoms with van der Waals surface area (Å²) in [6.07, 6.45) is 1.34. The van der Waals surface area contributed by atoms with Gasteiger partial charge in [0.15, 0.2) is 0 Å². The first-order valence-electron chi connectivity index (χ1n) is 7.32. The minimum absolute atomic E-state index is 0.129. The summed E-state index contributed by atoms with van der Waals surface area (Å²) >= 11 is 12.1. The molecule has 0 aliphatic heterocycles. The number of nitrogens with zero attached hydrogens (tertiary/aromatic N) is 1. The second-order valence-electron chi connectivity index (χ2n) is 5.18. The number of nitrogens with one attached hydrogen (secondary N) is 1. The third-order valence-electron chi connectivity index (χ3n) is 3.53. The molecule has 0 aliphatic rings. The molecule has 0 spiro atoms. The van der Waals surface area contributed by atoms with E-state index in [1.165, 1.54) is 0 Å². The number of rotatable bonds is 6. The molecule has 0 saturated carbocycles. The van der Waals surface area contributed by atoms with Crippen LogP contribution in [0.25, 0.3) is 11.0 Å². The van der Waals surface area contributed by atoms with Gasteiger partial charge in [0.05, 0.1) is 11.0 Å². The van der Waals surface area contributed by atoms with Crippen LogP contribution in [0.5, 0.6) is 5.75 Å². The molecule has 6 heteroatoms. The van der Waals surface area contributed by atoms with E-state index in [0.29, 0.717) is 29.5 Å². The highest BCUT2D eigenvalue weighted by Gasteiger charge is 2.11.